The van der Waals surface area contributed by atoms with E-state index in [2.05, 4.69) is 21.1 Å². The third-order valence-corrected chi connectivity index (χ3v) is 4.17. The van der Waals surface area contributed by atoms with Gasteiger partial charge in [0, 0.05) is 29.2 Å². The number of halogens is 1. The predicted molar refractivity (Wildman–Crippen MR) is 76.8 cm³/mol. The van der Waals surface area contributed by atoms with Crippen LogP contribution in [0, 0.1) is 0 Å². The lowest BCUT2D eigenvalue weighted by Gasteiger charge is -2.20. The van der Waals surface area contributed by atoms with Crippen LogP contribution in [0.25, 0.3) is 11.1 Å². The first kappa shape index (κ1) is 12.7. The van der Waals surface area contributed by atoms with E-state index >= 15 is 0 Å². The summed E-state index contributed by atoms with van der Waals surface area (Å²) in [5.74, 6) is 1.67. The molecule has 2 N–H and O–H groups in total. The Bertz CT molecular complexity index is 577. The third-order valence-electron chi connectivity index (χ3n) is 3.48. The molecule has 0 aliphatic carbocycles. The molecule has 0 unspecified atom stereocenters. The van der Waals surface area contributed by atoms with Gasteiger partial charge in [-0.3, -0.25) is 0 Å². The van der Waals surface area contributed by atoms with Crippen molar-refractivity contribution in [3.05, 3.63) is 34.5 Å². The lowest BCUT2D eigenvalue weighted by molar-refractivity contribution is 0.0792. The summed E-state index contributed by atoms with van der Waals surface area (Å²) < 4.78 is 11.9. The fraction of sp³-hybridized carbons (Fsp3) is 0.357. The maximum atomic E-state index is 5.99. The third kappa shape index (κ3) is 2.40. The van der Waals surface area contributed by atoms with Crippen LogP contribution in [0.2, 0.25) is 0 Å². The Hall–Kier alpha value is -1.33. The van der Waals surface area contributed by atoms with E-state index in [1.807, 2.05) is 24.3 Å². The Morgan fingerprint density at radius 2 is 1.95 bits per heavy atom. The smallest absolute Gasteiger partial charge is 0.175 e. The monoisotopic (exact) mass is 322 g/mol. The predicted octanol–water partition coefficient (Wildman–Crippen LogP) is 3.58. The highest BCUT2D eigenvalue weighted by atomic mass is 79.9. The van der Waals surface area contributed by atoms with Crippen LogP contribution in [0.15, 0.2) is 33.3 Å². The van der Waals surface area contributed by atoms with E-state index in [0.29, 0.717) is 11.7 Å². The Morgan fingerprint density at radius 3 is 2.68 bits per heavy atom. The number of nitrogens with zero attached hydrogens (tertiary/aromatic N) is 1. The maximum Gasteiger partial charge on any atom is 0.175 e. The minimum Gasteiger partial charge on any atom is -0.381 e. The van der Waals surface area contributed by atoms with E-state index in [1.165, 1.54) is 0 Å². The minimum atomic E-state index is 0.334. The first-order chi connectivity index (χ1) is 9.27. The van der Waals surface area contributed by atoms with Crippen molar-refractivity contribution in [2.45, 2.75) is 18.8 Å². The number of nitrogen functional groups attached to an aromatic ring is 1. The zero-order valence-electron chi connectivity index (χ0n) is 10.4. The summed E-state index contributed by atoms with van der Waals surface area (Å²) in [6.45, 7) is 1.53. The van der Waals surface area contributed by atoms with E-state index in [9.17, 15) is 0 Å². The fourth-order valence-electron chi connectivity index (χ4n) is 2.49. The standard InChI is InChI=1S/C14H15BrN2O2/c15-11-4-2-1-3-10(11)12-13(19-17-14(12)16)9-5-7-18-8-6-9/h1-4,9H,5-8H2,(H2,16,17). The van der Waals surface area contributed by atoms with E-state index in [-0.39, 0.29) is 0 Å². The van der Waals surface area contributed by atoms with Gasteiger partial charge in [0.25, 0.3) is 0 Å². The van der Waals surface area contributed by atoms with Gasteiger partial charge in [-0.05, 0) is 18.9 Å². The summed E-state index contributed by atoms with van der Waals surface area (Å²) in [6.07, 6.45) is 1.90. The van der Waals surface area contributed by atoms with Crippen LogP contribution in [-0.4, -0.2) is 18.4 Å². The summed E-state index contributed by atoms with van der Waals surface area (Å²) in [5.41, 5.74) is 7.94. The fourth-order valence-corrected chi connectivity index (χ4v) is 2.97. The molecule has 2 aromatic rings. The molecule has 100 valence electrons. The highest BCUT2D eigenvalue weighted by Crippen LogP contribution is 2.40. The first-order valence-corrected chi connectivity index (χ1v) is 7.14. The second-order valence-corrected chi connectivity index (χ2v) is 5.53. The number of nitrogens with two attached hydrogens (primary N) is 1. The quantitative estimate of drug-likeness (QED) is 0.917. The van der Waals surface area contributed by atoms with Crippen LogP contribution in [0.4, 0.5) is 5.82 Å². The number of aromatic nitrogens is 1. The van der Waals surface area contributed by atoms with Crippen LogP contribution >= 0.6 is 15.9 Å². The molecule has 5 heteroatoms. The van der Waals surface area contributed by atoms with Gasteiger partial charge in [-0.1, -0.05) is 39.3 Å². The van der Waals surface area contributed by atoms with Gasteiger partial charge in [-0.25, -0.2) is 0 Å². The highest BCUT2D eigenvalue weighted by Gasteiger charge is 2.26. The molecular formula is C14H15BrN2O2. The molecule has 1 aromatic carbocycles. The van der Waals surface area contributed by atoms with Crippen LogP contribution in [0.1, 0.15) is 24.5 Å². The molecule has 1 saturated heterocycles. The summed E-state index contributed by atoms with van der Waals surface area (Å²) in [4.78, 5) is 0. The van der Waals surface area contributed by atoms with Gasteiger partial charge >= 0.3 is 0 Å². The van der Waals surface area contributed by atoms with Crippen molar-refractivity contribution in [1.29, 1.82) is 0 Å². The van der Waals surface area contributed by atoms with Gasteiger partial charge < -0.3 is 15.0 Å². The lowest BCUT2D eigenvalue weighted by Crippen LogP contribution is -2.14. The number of hydrogen-bond acceptors (Lipinski definition) is 4. The average molecular weight is 323 g/mol. The van der Waals surface area contributed by atoms with Gasteiger partial charge in [0.15, 0.2) is 5.82 Å². The van der Waals surface area contributed by atoms with E-state index in [1.54, 1.807) is 0 Å². The summed E-state index contributed by atoms with van der Waals surface area (Å²) in [6, 6.07) is 7.98. The number of hydrogen-bond donors (Lipinski definition) is 1. The second kappa shape index (κ2) is 5.35. The molecule has 0 atom stereocenters. The van der Waals surface area contributed by atoms with E-state index in [4.69, 9.17) is 15.0 Å². The topological polar surface area (TPSA) is 61.3 Å². The van der Waals surface area contributed by atoms with Crippen molar-refractivity contribution in [2.24, 2.45) is 0 Å². The van der Waals surface area contributed by atoms with Crippen molar-refractivity contribution >= 4 is 21.7 Å². The molecule has 3 rings (SSSR count). The largest absolute Gasteiger partial charge is 0.381 e. The Balaban J connectivity index is 2.06. The molecule has 4 nitrogen and oxygen atoms in total. The first-order valence-electron chi connectivity index (χ1n) is 6.35. The van der Waals surface area contributed by atoms with Crippen LogP contribution in [-0.2, 0) is 4.74 Å². The molecule has 1 aliphatic heterocycles. The van der Waals surface area contributed by atoms with Crippen molar-refractivity contribution in [3.63, 3.8) is 0 Å². The minimum absolute atomic E-state index is 0.334. The molecule has 19 heavy (non-hydrogen) atoms. The molecule has 0 saturated carbocycles. The number of rotatable bonds is 2. The van der Waals surface area contributed by atoms with Crippen molar-refractivity contribution in [2.75, 3.05) is 18.9 Å². The molecular weight excluding hydrogens is 308 g/mol. The Kier molecular flexibility index (Phi) is 3.57. The summed E-state index contributed by atoms with van der Waals surface area (Å²) in [5, 5.41) is 3.95. The zero-order valence-corrected chi connectivity index (χ0v) is 12.0. The number of benzene rings is 1. The van der Waals surface area contributed by atoms with Crippen LogP contribution in [0.5, 0.6) is 0 Å². The van der Waals surface area contributed by atoms with Crippen molar-refractivity contribution in [1.82, 2.24) is 5.16 Å². The molecule has 1 aliphatic rings. The van der Waals surface area contributed by atoms with Gasteiger partial charge in [0.1, 0.15) is 5.76 Å². The molecule has 0 bridgehead atoms. The molecule has 0 spiro atoms. The number of ether oxygens (including phenoxy) is 1. The highest BCUT2D eigenvalue weighted by molar-refractivity contribution is 9.10. The van der Waals surface area contributed by atoms with Gasteiger partial charge in [-0.2, -0.15) is 0 Å². The molecule has 1 fully saturated rings. The average Bonchev–Trinajstić information content (AvgIpc) is 2.82. The van der Waals surface area contributed by atoms with E-state index in [0.717, 1.165) is 47.4 Å². The van der Waals surface area contributed by atoms with Crippen molar-refractivity contribution in [3.8, 4) is 11.1 Å². The lowest BCUT2D eigenvalue weighted by atomic mass is 9.92. The normalized spacial score (nSPS) is 16.7. The van der Waals surface area contributed by atoms with Gasteiger partial charge in [-0.15, -0.1) is 0 Å². The summed E-state index contributed by atoms with van der Waals surface area (Å²) >= 11 is 3.56. The second-order valence-electron chi connectivity index (χ2n) is 4.67. The van der Waals surface area contributed by atoms with Crippen LogP contribution in [0.3, 0.4) is 0 Å². The SMILES string of the molecule is Nc1noc(C2CCOCC2)c1-c1ccccc1Br. The summed E-state index contributed by atoms with van der Waals surface area (Å²) in [7, 11) is 0. The Labute approximate surface area is 120 Å². The zero-order chi connectivity index (χ0) is 13.2. The van der Waals surface area contributed by atoms with Crippen LogP contribution < -0.4 is 5.73 Å². The Morgan fingerprint density at radius 1 is 1.21 bits per heavy atom. The molecule has 1 aromatic heterocycles. The van der Waals surface area contributed by atoms with E-state index < -0.39 is 0 Å². The number of anilines is 1. The van der Waals surface area contributed by atoms with Crippen molar-refractivity contribution < 1.29 is 9.26 Å². The van der Waals surface area contributed by atoms with Gasteiger partial charge in [0.2, 0.25) is 0 Å². The maximum absolute atomic E-state index is 5.99. The molecule has 0 amide bonds. The molecule has 0 radical (unpaired) electrons. The van der Waals surface area contributed by atoms with Gasteiger partial charge in [0.05, 0.1) is 5.56 Å². The molecule has 2 heterocycles.